The molecule has 0 aromatic rings. The van der Waals surface area contributed by atoms with Gasteiger partial charge in [-0.1, -0.05) is 20.8 Å². The van der Waals surface area contributed by atoms with Crippen LogP contribution in [0.25, 0.3) is 0 Å². The minimum absolute atomic E-state index is 0.0180. The largest absolute Gasteiger partial charge is 0.393 e. The van der Waals surface area contributed by atoms with Gasteiger partial charge >= 0.3 is 0 Å². The number of aliphatic hydroxyl groups is 3. The molecular weight excluding hydrogens is 470 g/mol. The first kappa shape index (κ1) is 27.3. The average molecular weight is 516 g/mol. The van der Waals surface area contributed by atoms with Gasteiger partial charge in [-0.15, -0.1) is 0 Å². The Hall–Kier alpha value is -0.740. The third kappa shape index (κ3) is 4.80. The minimum Gasteiger partial charge on any atom is -0.393 e. The van der Waals surface area contributed by atoms with Crippen molar-refractivity contribution in [3.63, 3.8) is 0 Å². The second-order valence-electron chi connectivity index (χ2n) is 12.7. The van der Waals surface area contributed by atoms with Crippen molar-refractivity contribution in [3.8, 4) is 0 Å². The van der Waals surface area contributed by atoms with E-state index in [-0.39, 0.29) is 54.1 Å². The van der Waals surface area contributed by atoms with Crippen molar-refractivity contribution in [2.45, 2.75) is 103 Å². The number of nitrogens with one attached hydrogen (secondary N) is 1. The molecule has 35 heavy (non-hydrogen) atoms. The molecule has 202 valence electrons. The molecule has 0 saturated heterocycles. The van der Waals surface area contributed by atoms with Gasteiger partial charge in [0.2, 0.25) is 5.91 Å². The lowest BCUT2D eigenvalue weighted by Gasteiger charge is -2.65. The monoisotopic (exact) mass is 515 g/mol. The molecule has 0 bridgehead atoms. The molecule has 1 amide bonds. The molecule has 0 radical (unpaired) electrons. The maximum absolute atomic E-state index is 12.3. The van der Waals surface area contributed by atoms with Crippen LogP contribution in [0.3, 0.4) is 0 Å². The van der Waals surface area contributed by atoms with Crippen LogP contribution in [0.4, 0.5) is 0 Å². The van der Waals surface area contributed by atoms with Gasteiger partial charge in [0.15, 0.2) is 0 Å². The molecule has 4 aliphatic rings. The van der Waals surface area contributed by atoms with Gasteiger partial charge in [0.1, 0.15) is 0 Å². The van der Waals surface area contributed by atoms with Crippen LogP contribution in [0.1, 0.15) is 85.0 Å². The normalized spacial score (nSPS) is 46.3. The van der Waals surface area contributed by atoms with Gasteiger partial charge in [0.25, 0.3) is 10.1 Å². The van der Waals surface area contributed by atoms with Crippen LogP contribution in [-0.4, -0.2) is 64.3 Å². The molecule has 0 aromatic carbocycles. The maximum atomic E-state index is 12.3. The number of carbonyl (C=O) groups excluding carboxylic acids is 1. The van der Waals surface area contributed by atoms with E-state index in [0.29, 0.717) is 18.8 Å². The number of hydrogen-bond donors (Lipinski definition) is 5. The molecule has 0 aromatic heterocycles. The highest BCUT2D eigenvalue weighted by Gasteiger charge is 2.69. The van der Waals surface area contributed by atoms with Crippen molar-refractivity contribution in [2.24, 2.45) is 40.4 Å². The van der Waals surface area contributed by atoms with Crippen LogP contribution in [0.15, 0.2) is 0 Å². The molecule has 0 spiro atoms. The van der Waals surface area contributed by atoms with E-state index in [1.807, 2.05) is 0 Å². The molecule has 4 rings (SSSR count). The van der Waals surface area contributed by atoms with E-state index in [0.717, 1.165) is 44.9 Å². The van der Waals surface area contributed by atoms with Gasteiger partial charge < -0.3 is 20.6 Å². The van der Waals surface area contributed by atoms with E-state index in [9.17, 15) is 28.5 Å². The van der Waals surface area contributed by atoms with Crippen LogP contribution in [0, 0.1) is 40.4 Å². The summed E-state index contributed by atoms with van der Waals surface area (Å²) in [5.74, 6) is 0.0702. The van der Waals surface area contributed by atoms with Gasteiger partial charge in [-0.05, 0) is 92.8 Å². The summed E-state index contributed by atoms with van der Waals surface area (Å²) in [7, 11) is -4.10. The van der Waals surface area contributed by atoms with E-state index in [1.165, 1.54) is 0 Å². The fourth-order valence-electron chi connectivity index (χ4n) is 9.18. The fraction of sp³-hybridized carbons (Fsp3) is 0.962. The van der Waals surface area contributed by atoms with Crippen LogP contribution in [0.2, 0.25) is 0 Å². The predicted molar refractivity (Wildman–Crippen MR) is 132 cm³/mol. The zero-order valence-corrected chi connectivity index (χ0v) is 22.3. The maximum Gasteiger partial charge on any atom is 0.266 e. The number of rotatable bonds is 7. The van der Waals surface area contributed by atoms with Gasteiger partial charge in [0.05, 0.1) is 23.6 Å². The molecule has 0 aliphatic heterocycles. The summed E-state index contributed by atoms with van der Waals surface area (Å²) in [6, 6.07) is 0. The van der Waals surface area contributed by atoms with Gasteiger partial charge in [-0.3, -0.25) is 9.35 Å². The third-order valence-electron chi connectivity index (χ3n) is 11.1. The van der Waals surface area contributed by atoms with E-state index in [1.54, 1.807) is 0 Å². The van der Waals surface area contributed by atoms with Crippen LogP contribution in [0.5, 0.6) is 0 Å². The molecule has 3 unspecified atom stereocenters. The standard InChI is InChI=1S/C26H45NO7S/c1-16(4-7-23(30)27-12-13-35(32,33)34)19-5-6-20-25(19,3)22(29)15-21-24(2)10-9-18(28)14-17(24)8-11-26(20,21)31/h16-22,28-29,31H,4-15H2,1-3H3,(H,27,30)(H,32,33,34)/t16-,17?,18?,19-,20-,21-,22?,24+,25-,26-/m1/s1. The first-order valence-electron chi connectivity index (χ1n) is 13.5. The SMILES string of the molecule is C[C@H](CCC(=O)NCCS(=O)(=O)O)[C@H]1CC[C@H]2[C@]3(O)CCC4CC(O)CC[C@]4(C)[C@H]3CC(O)[C@]12C. The molecule has 4 fully saturated rings. The first-order chi connectivity index (χ1) is 16.2. The van der Waals surface area contributed by atoms with Crippen molar-refractivity contribution in [3.05, 3.63) is 0 Å². The van der Waals surface area contributed by atoms with Crippen molar-refractivity contribution in [2.75, 3.05) is 12.3 Å². The summed E-state index contributed by atoms with van der Waals surface area (Å²) in [5.41, 5.74) is -1.27. The summed E-state index contributed by atoms with van der Waals surface area (Å²) in [6.45, 7) is 6.44. The lowest BCUT2D eigenvalue weighted by atomic mass is 9.42. The van der Waals surface area contributed by atoms with Gasteiger partial charge in [0, 0.05) is 18.4 Å². The molecular formula is C26H45NO7S. The molecule has 9 heteroatoms. The minimum atomic E-state index is -4.10. The summed E-state index contributed by atoms with van der Waals surface area (Å²) in [5, 5.41) is 36.7. The Morgan fingerprint density at radius 1 is 1.06 bits per heavy atom. The van der Waals surface area contributed by atoms with Gasteiger partial charge in [-0.25, -0.2) is 0 Å². The number of carbonyl (C=O) groups is 1. The van der Waals surface area contributed by atoms with E-state index >= 15 is 0 Å². The lowest BCUT2D eigenvalue weighted by Crippen LogP contribution is -2.67. The van der Waals surface area contributed by atoms with Crippen molar-refractivity contribution in [1.29, 1.82) is 0 Å². The Morgan fingerprint density at radius 2 is 1.77 bits per heavy atom. The Bertz CT molecular complexity index is 911. The lowest BCUT2D eigenvalue weighted by molar-refractivity contribution is -0.254. The molecule has 10 atom stereocenters. The molecule has 4 saturated carbocycles. The summed E-state index contributed by atoms with van der Waals surface area (Å²) < 4.78 is 30.5. The number of amides is 1. The Labute approximate surface area is 210 Å². The number of fused-ring (bicyclic) bond motifs is 5. The highest BCUT2D eigenvalue weighted by Crippen LogP contribution is 2.69. The molecule has 8 nitrogen and oxygen atoms in total. The van der Waals surface area contributed by atoms with Gasteiger partial charge in [-0.2, -0.15) is 8.42 Å². The Kier molecular flexibility index (Phi) is 7.43. The van der Waals surface area contributed by atoms with Crippen LogP contribution >= 0.6 is 0 Å². The van der Waals surface area contributed by atoms with Crippen LogP contribution in [-0.2, 0) is 14.9 Å². The van der Waals surface area contributed by atoms with Crippen molar-refractivity contribution >= 4 is 16.0 Å². The summed E-state index contributed by atoms with van der Waals surface area (Å²) in [6.07, 6.45) is 6.61. The average Bonchev–Trinajstić information content (AvgIpc) is 3.14. The molecule has 5 N–H and O–H groups in total. The number of hydrogen-bond acceptors (Lipinski definition) is 6. The topological polar surface area (TPSA) is 144 Å². The predicted octanol–water partition coefficient (Wildman–Crippen LogP) is 2.51. The summed E-state index contributed by atoms with van der Waals surface area (Å²) in [4.78, 5) is 12.2. The highest BCUT2D eigenvalue weighted by atomic mass is 32.2. The molecule has 0 heterocycles. The Morgan fingerprint density at radius 3 is 2.46 bits per heavy atom. The van der Waals surface area contributed by atoms with Crippen molar-refractivity contribution < 1.29 is 33.1 Å². The molecule has 4 aliphatic carbocycles. The fourth-order valence-corrected chi connectivity index (χ4v) is 9.54. The smallest absolute Gasteiger partial charge is 0.266 e. The zero-order chi connectivity index (χ0) is 25.8. The van der Waals surface area contributed by atoms with E-state index in [4.69, 9.17) is 4.55 Å². The van der Waals surface area contributed by atoms with Crippen LogP contribution < -0.4 is 5.32 Å². The second-order valence-corrected chi connectivity index (χ2v) is 14.3. The zero-order valence-electron chi connectivity index (χ0n) is 21.4. The summed E-state index contributed by atoms with van der Waals surface area (Å²) >= 11 is 0. The third-order valence-corrected chi connectivity index (χ3v) is 11.8. The number of aliphatic hydroxyl groups excluding tert-OH is 2. The van der Waals surface area contributed by atoms with Crippen molar-refractivity contribution in [1.82, 2.24) is 5.32 Å². The first-order valence-corrected chi connectivity index (χ1v) is 15.1. The van der Waals surface area contributed by atoms with E-state index in [2.05, 4.69) is 26.1 Å². The van der Waals surface area contributed by atoms with E-state index < -0.39 is 33.0 Å². The second kappa shape index (κ2) is 9.53. The highest BCUT2D eigenvalue weighted by molar-refractivity contribution is 7.85. The Balaban J connectivity index is 1.44. The quantitative estimate of drug-likeness (QED) is 0.328.